The van der Waals surface area contributed by atoms with Crippen molar-refractivity contribution in [3.63, 3.8) is 0 Å². The van der Waals surface area contributed by atoms with Crippen LogP contribution in [0.25, 0.3) is 0 Å². The minimum Gasteiger partial charge on any atom is -0.310 e. The maximum Gasteiger partial charge on any atom is 0.162 e. The molecule has 1 atom stereocenters. The summed E-state index contributed by atoms with van der Waals surface area (Å²) in [6.45, 7) is 2.69. The van der Waals surface area contributed by atoms with Gasteiger partial charge in [-0.05, 0) is 42.3 Å². The van der Waals surface area contributed by atoms with Crippen LogP contribution in [0.5, 0.6) is 0 Å². The molecule has 0 saturated heterocycles. The van der Waals surface area contributed by atoms with Crippen molar-refractivity contribution in [2.75, 3.05) is 6.54 Å². The highest BCUT2D eigenvalue weighted by Crippen LogP contribution is 2.29. The molecule has 0 amide bonds. The van der Waals surface area contributed by atoms with E-state index in [1.807, 2.05) is 13.0 Å². The van der Waals surface area contributed by atoms with E-state index in [0.29, 0.717) is 17.0 Å². The lowest BCUT2D eigenvalue weighted by Crippen LogP contribution is -2.23. The zero-order valence-corrected chi connectivity index (χ0v) is 13.8. The normalized spacial score (nSPS) is 12.4. The van der Waals surface area contributed by atoms with Gasteiger partial charge in [0.2, 0.25) is 0 Å². The molecule has 2 aromatic rings. The highest BCUT2D eigenvalue weighted by Gasteiger charge is 2.17. The van der Waals surface area contributed by atoms with Crippen molar-refractivity contribution < 1.29 is 8.78 Å². The van der Waals surface area contributed by atoms with Crippen LogP contribution in [0.15, 0.2) is 40.9 Å². The van der Waals surface area contributed by atoms with Gasteiger partial charge in [-0.2, -0.15) is 0 Å². The Bertz CT molecular complexity index is 634. The summed E-state index contributed by atoms with van der Waals surface area (Å²) >= 11 is 9.42. The van der Waals surface area contributed by atoms with E-state index in [1.54, 1.807) is 18.2 Å². The molecular formula is C16H15BrClF2N. The molecular weight excluding hydrogens is 360 g/mol. The largest absolute Gasteiger partial charge is 0.310 e. The van der Waals surface area contributed by atoms with E-state index in [2.05, 4.69) is 21.2 Å². The Morgan fingerprint density at radius 3 is 2.67 bits per heavy atom. The van der Waals surface area contributed by atoms with Gasteiger partial charge < -0.3 is 5.32 Å². The van der Waals surface area contributed by atoms with E-state index in [0.717, 1.165) is 22.6 Å². The molecule has 0 bridgehead atoms. The quantitative estimate of drug-likeness (QED) is 0.751. The number of rotatable bonds is 5. The minimum absolute atomic E-state index is 0.127. The van der Waals surface area contributed by atoms with E-state index in [4.69, 9.17) is 11.6 Å². The van der Waals surface area contributed by atoms with E-state index in [9.17, 15) is 8.78 Å². The zero-order valence-electron chi connectivity index (χ0n) is 11.5. The van der Waals surface area contributed by atoms with E-state index in [1.165, 1.54) is 6.07 Å². The number of hydrogen-bond acceptors (Lipinski definition) is 1. The predicted octanol–water partition coefficient (Wildman–Crippen LogP) is 5.27. The first-order chi connectivity index (χ1) is 10.0. The van der Waals surface area contributed by atoms with E-state index < -0.39 is 11.6 Å². The van der Waals surface area contributed by atoms with Crippen LogP contribution in [-0.4, -0.2) is 6.54 Å². The topological polar surface area (TPSA) is 12.0 Å². The van der Waals surface area contributed by atoms with Crippen LogP contribution in [0, 0.1) is 11.6 Å². The van der Waals surface area contributed by atoms with Gasteiger partial charge in [0.05, 0.1) is 0 Å². The smallest absolute Gasteiger partial charge is 0.162 e. The second kappa shape index (κ2) is 7.34. The third-order valence-electron chi connectivity index (χ3n) is 3.24. The molecule has 0 saturated carbocycles. The second-order valence-electron chi connectivity index (χ2n) is 4.69. The second-order valence-corrected chi connectivity index (χ2v) is 5.98. The van der Waals surface area contributed by atoms with Gasteiger partial charge in [-0.25, -0.2) is 8.78 Å². The first-order valence-electron chi connectivity index (χ1n) is 6.64. The maximum atomic E-state index is 13.8. The van der Waals surface area contributed by atoms with Gasteiger partial charge in [-0.1, -0.05) is 52.7 Å². The Balaban J connectivity index is 2.33. The summed E-state index contributed by atoms with van der Waals surface area (Å²) in [5.41, 5.74) is 1.31. The van der Waals surface area contributed by atoms with Crippen LogP contribution >= 0.6 is 27.5 Å². The molecule has 0 aliphatic rings. The number of hydrogen-bond donors (Lipinski definition) is 1. The molecule has 0 radical (unpaired) electrons. The molecule has 21 heavy (non-hydrogen) atoms. The number of nitrogens with one attached hydrogen (secondary N) is 1. The Morgan fingerprint density at radius 1 is 1.24 bits per heavy atom. The summed E-state index contributed by atoms with van der Waals surface area (Å²) in [5, 5.41) is 3.92. The molecule has 5 heteroatoms. The lowest BCUT2D eigenvalue weighted by Gasteiger charge is -2.20. The van der Waals surface area contributed by atoms with Crippen molar-refractivity contribution in [1.82, 2.24) is 5.32 Å². The summed E-state index contributed by atoms with van der Waals surface area (Å²) in [6.07, 6.45) is 0.359. The van der Waals surface area contributed by atoms with Gasteiger partial charge in [0.15, 0.2) is 11.6 Å². The summed E-state index contributed by atoms with van der Waals surface area (Å²) in [6, 6.07) is 9.59. The van der Waals surface area contributed by atoms with Crippen molar-refractivity contribution in [1.29, 1.82) is 0 Å². The van der Waals surface area contributed by atoms with Crippen molar-refractivity contribution in [3.05, 3.63) is 68.7 Å². The van der Waals surface area contributed by atoms with Gasteiger partial charge in [0.1, 0.15) is 0 Å². The van der Waals surface area contributed by atoms with Gasteiger partial charge in [-0.3, -0.25) is 0 Å². The Morgan fingerprint density at radius 2 is 2.00 bits per heavy atom. The predicted molar refractivity (Wildman–Crippen MR) is 85.6 cm³/mol. The van der Waals surface area contributed by atoms with Crippen LogP contribution in [0.1, 0.15) is 24.1 Å². The van der Waals surface area contributed by atoms with Gasteiger partial charge >= 0.3 is 0 Å². The average Bonchev–Trinajstić information content (AvgIpc) is 2.43. The fraction of sp³-hybridized carbons (Fsp3) is 0.250. The number of likely N-dealkylation sites (N-methyl/N-ethyl adjacent to an activating group) is 1. The molecule has 0 aromatic heterocycles. The molecule has 1 nitrogen and oxygen atoms in total. The zero-order chi connectivity index (χ0) is 15.4. The summed E-state index contributed by atoms with van der Waals surface area (Å²) in [7, 11) is 0. The Kier molecular flexibility index (Phi) is 5.73. The van der Waals surface area contributed by atoms with Crippen LogP contribution in [0.2, 0.25) is 5.02 Å². The molecule has 0 aliphatic heterocycles. The molecule has 112 valence electrons. The molecule has 0 aliphatic carbocycles. The standard InChI is InChI=1S/C16H15BrClF2N/c1-2-21-15(12-7-6-11(18)9-13(12)17)8-10-4-3-5-14(19)16(10)20/h3-7,9,15,21H,2,8H2,1H3. The van der Waals surface area contributed by atoms with Crippen LogP contribution in [0.3, 0.4) is 0 Å². The van der Waals surface area contributed by atoms with Crippen LogP contribution in [-0.2, 0) is 6.42 Å². The summed E-state index contributed by atoms with van der Waals surface area (Å²) < 4.78 is 28.0. The van der Waals surface area contributed by atoms with E-state index >= 15 is 0 Å². The fourth-order valence-corrected chi connectivity index (χ4v) is 3.21. The third kappa shape index (κ3) is 4.02. The third-order valence-corrected chi connectivity index (χ3v) is 4.17. The summed E-state index contributed by atoms with van der Waals surface area (Å²) in [5.74, 6) is -1.61. The molecule has 0 fully saturated rings. The van der Waals surface area contributed by atoms with Gasteiger partial charge in [-0.15, -0.1) is 0 Å². The van der Waals surface area contributed by atoms with Crippen molar-refractivity contribution in [2.45, 2.75) is 19.4 Å². The molecule has 1 unspecified atom stereocenters. The van der Waals surface area contributed by atoms with Crippen molar-refractivity contribution in [3.8, 4) is 0 Å². The number of benzene rings is 2. The number of halogens is 4. The monoisotopic (exact) mass is 373 g/mol. The highest BCUT2D eigenvalue weighted by molar-refractivity contribution is 9.10. The maximum absolute atomic E-state index is 13.8. The van der Waals surface area contributed by atoms with Crippen LogP contribution < -0.4 is 5.32 Å². The van der Waals surface area contributed by atoms with Gasteiger partial charge in [0.25, 0.3) is 0 Å². The lowest BCUT2D eigenvalue weighted by atomic mass is 9.98. The van der Waals surface area contributed by atoms with Crippen molar-refractivity contribution >= 4 is 27.5 Å². The molecule has 2 aromatic carbocycles. The first-order valence-corrected chi connectivity index (χ1v) is 7.81. The molecule has 0 spiro atoms. The van der Waals surface area contributed by atoms with Gasteiger partial charge in [0, 0.05) is 15.5 Å². The lowest BCUT2D eigenvalue weighted by molar-refractivity contribution is 0.481. The first kappa shape index (κ1) is 16.4. The van der Waals surface area contributed by atoms with E-state index in [-0.39, 0.29) is 6.04 Å². The molecule has 2 rings (SSSR count). The fourth-order valence-electron chi connectivity index (χ4n) is 2.25. The Labute approximate surface area is 136 Å². The Hall–Kier alpha value is -0.970. The molecule has 0 heterocycles. The average molecular weight is 375 g/mol. The highest BCUT2D eigenvalue weighted by atomic mass is 79.9. The molecule has 1 N–H and O–H groups in total. The SMILES string of the molecule is CCNC(Cc1cccc(F)c1F)c1ccc(Cl)cc1Br. The van der Waals surface area contributed by atoms with Crippen LogP contribution in [0.4, 0.5) is 8.78 Å². The minimum atomic E-state index is -0.821. The summed E-state index contributed by atoms with van der Waals surface area (Å²) in [4.78, 5) is 0. The van der Waals surface area contributed by atoms with Crippen molar-refractivity contribution in [2.24, 2.45) is 0 Å².